The molecule has 8 heteroatoms. The van der Waals surface area contributed by atoms with Crippen LogP contribution in [0.2, 0.25) is 10.0 Å². The summed E-state index contributed by atoms with van der Waals surface area (Å²) in [5, 5.41) is 14.6. The molecule has 3 atom stereocenters. The summed E-state index contributed by atoms with van der Waals surface area (Å²) in [6.45, 7) is 1.33. The van der Waals surface area contributed by atoms with Crippen molar-refractivity contribution in [3.8, 4) is 11.3 Å². The summed E-state index contributed by atoms with van der Waals surface area (Å²) in [6, 6.07) is 13.0. The first-order valence-electron chi connectivity index (χ1n) is 11.6. The highest BCUT2D eigenvalue weighted by molar-refractivity contribution is 6.39. The minimum atomic E-state index is -0.903. The molecule has 0 amide bonds. The number of anilines is 1. The number of aromatic nitrogens is 1. The molecule has 2 bridgehead atoms. The van der Waals surface area contributed by atoms with E-state index < -0.39 is 5.97 Å². The first-order valence-corrected chi connectivity index (χ1v) is 12.4. The molecule has 1 aromatic heterocycles. The van der Waals surface area contributed by atoms with Crippen molar-refractivity contribution in [2.24, 2.45) is 5.92 Å². The largest absolute Gasteiger partial charge is 0.478 e. The van der Waals surface area contributed by atoms with Gasteiger partial charge in [0, 0.05) is 41.2 Å². The zero-order chi connectivity index (χ0) is 23.4. The minimum absolute atomic E-state index is 0.163. The van der Waals surface area contributed by atoms with Crippen LogP contribution in [0.4, 0.5) is 5.69 Å². The fraction of sp³-hybridized carbons (Fsp3) is 0.385. The molecular formula is C26H24Cl2N2O4. The number of hydrogen-bond acceptors (Lipinski definition) is 5. The Bertz CT molecular complexity index is 1220. The number of nitrogens with zero attached hydrogens (tertiary/aromatic N) is 2. The molecule has 176 valence electrons. The second-order valence-electron chi connectivity index (χ2n) is 9.48. The molecule has 2 heterocycles. The molecule has 3 aromatic rings. The molecule has 34 heavy (non-hydrogen) atoms. The fourth-order valence-corrected chi connectivity index (χ4v) is 6.04. The lowest BCUT2D eigenvalue weighted by Gasteiger charge is -2.33. The second kappa shape index (κ2) is 8.59. The number of ether oxygens (including phenoxy) is 1. The number of piperidine rings is 1. The summed E-state index contributed by atoms with van der Waals surface area (Å²) in [6.07, 6.45) is 4.38. The van der Waals surface area contributed by atoms with Crippen molar-refractivity contribution < 1.29 is 19.2 Å². The third kappa shape index (κ3) is 3.88. The highest BCUT2D eigenvalue weighted by Crippen LogP contribution is 2.47. The zero-order valence-electron chi connectivity index (χ0n) is 18.4. The van der Waals surface area contributed by atoms with E-state index >= 15 is 0 Å². The highest BCUT2D eigenvalue weighted by Gasteiger charge is 2.45. The molecule has 2 aromatic carbocycles. The predicted octanol–water partition coefficient (Wildman–Crippen LogP) is 6.41. The number of halogens is 2. The van der Waals surface area contributed by atoms with Gasteiger partial charge in [-0.1, -0.05) is 34.4 Å². The van der Waals surface area contributed by atoms with Gasteiger partial charge in [-0.25, -0.2) is 4.79 Å². The van der Waals surface area contributed by atoms with E-state index in [-0.39, 0.29) is 6.10 Å². The molecule has 6 nitrogen and oxygen atoms in total. The van der Waals surface area contributed by atoms with Crippen LogP contribution in [-0.2, 0) is 11.3 Å². The van der Waals surface area contributed by atoms with Gasteiger partial charge in [-0.15, -0.1) is 0 Å². The second-order valence-corrected chi connectivity index (χ2v) is 10.3. The van der Waals surface area contributed by atoms with Crippen molar-refractivity contribution in [3.05, 3.63) is 69.4 Å². The third-order valence-corrected chi connectivity index (χ3v) is 7.96. The summed E-state index contributed by atoms with van der Waals surface area (Å²) < 4.78 is 12.3. The van der Waals surface area contributed by atoms with E-state index in [1.54, 1.807) is 12.1 Å². The Morgan fingerprint density at radius 3 is 2.47 bits per heavy atom. The summed E-state index contributed by atoms with van der Waals surface area (Å²) in [5.41, 5.74) is 3.72. The van der Waals surface area contributed by atoms with Crippen LogP contribution in [0, 0.1) is 5.92 Å². The number of carboxylic acid groups (broad SMARTS) is 1. The van der Waals surface area contributed by atoms with Crippen molar-refractivity contribution in [2.45, 2.75) is 50.4 Å². The number of hydrogen-bond donors (Lipinski definition) is 1. The summed E-state index contributed by atoms with van der Waals surface area (Å²) in [7, 11) is 0. The number of carbonyl (C=O) groups is 1. The van der Waals surface area contributed by atoms with Crippen LogP contribution in [0.25, 0.3) is 11.3 Å². The average molecular weight is 499 g/mol. The first kappa shape index (κ1) is 22.0. The Labute approximate surface area is 207 Å². The van der Waals surface area contributed by atoms with Gasteiger partial charge < -0.3 is 19.3 Å². The van der Waals surface area contributed by atoms with Gasteiger partial charge in [0.25, 0.3) is 0 Å². The monoisotopic (exact) mass is 498 g/mol. The lowest BCUT2D eigenvalue weighted by Crippen LogP contribution is -2.38. The topological polar surface area (TPSA) is 75.8 Å². The predicted molar refractivity (Wildman–Crippen MR) is 130 cm³/mol. The van der Waals surface area contributed by atoms with Gasteiger partial charge in [-0.3, -0.25) is 0 Å². The Hall–Kier alpha value is -2.54. The maximum Gasteiger partial charge on any atom is 0.335 e. The molecule has 6 rings (SSSR count). The van der Waals surface area contributed by atoms with Crippen LogP contribution >= 0.6 is 23.2 Å². The third-order valence-electron chi connectivity index (χ3n) is 7.33. The van der Waals surface area contributed by atoms with Crippen molar-refractivity contribution >= 4 is 34.9 Å². The van der Waals surface area contributed by atoms with Crippen LogP contribution in [0.1, 0.15) is 53.3 Å². The minimum Gasteiger partial charge on any atom is -0.478 e. The summed E-state index contributed by atoms with van der Waals surface area (Å²) >= 11 is 13.0. The van der Waals surface area contributed by atoms with Crippen molar-refractivity contribution in [2.75, 3.05) is 11.4 Å². The van der Waals surface area contributed by atoms with Gasteiger partial charge in [0.1, 0.15) is 11.5 Å². The molecule has 1 N–H and O–H groups in total. The van der Waals surface area contributed by atoms with E-state index in [1.165, 1.54) is 0 Å². The van der Waals surface area contributed by atoms with E-state index in [4.69, 9.17) is 37.6 Å². The molecule has 3 aliphatic rings. The number of benzene rings is 2. The molecule has 3 fully saturated rings. The van der Waals surface area contributed by atoms with Crippen LogP contribution < -0.4 is 4.90 Å². The Morgan fingerprint density at radius 1 is 1.12 bits per heavy atom. The molecule has 1 aliphatic heterocycles. The molecule has 2 saturated carbocycles. The molecule has 2 aliphatic carbocycles. The average Bonchev–Trinajstić information content (AvgIpc) is 3.28. The van der Waals surface area contributed by atoms with Crippen LogP contribution in [0.5, 0.6) is 0 Å². The summed E-state index contributed by atoms with van der Waals surface area (Å²) in [5.74, 6) is 0.820. The van der Waals surface area contributed by atoms with E-state index in [0.717, 1.165) is 49.2 Å². The van der Waals surface area contributed by atoms with Crippen molar-refractivity contribution in [3.63, 3.8) is 0 Å². The molecule has 0 spiro atoms. The standard InChI is InChI=1S/C26H24Cl2N2O4/c27-20-2-1-3-21(28)23(20)24-19(25(34-29-24)14-4-5-14)13-33-22-11-18-10-16(22)12-30(18)17-8-6-15(7-9-17)26(31)32/h1-3,6-9,14,16,18,22H,4-5,10-13H2,(H,31,32)/t16-,18-,22?/m0/s1. The molecular weight excluding hydrogens is 475 g/mol. The smallest absolute Gasteiger partial charge is 0.335 e. The number of fused-ring (bicyclic) bond motifs is 2. The van der Waals surface area contributed by atoms with Gasteiger partial charge in [-0.2, -0.15) is 0 Å². The normalized spacial score (nSPS) is 23.6. The summed E-state index contributed by atoms with van der Waals surface area (Å²) in [4.78, 5) is 13.5. The maximum absolute atomic E-state index is 11.1. The molecule has 1 saturated heterocycles. The number of aromatic carboxylic acids is 1. The van der Waals surface area contributed by atoms with Gasteiger partial charge in [0.2, 0.25) is 0 Å². The van der Waals surface area contributed by atoms with Crippen LogP contribution in [0.15, 0.2) is 47.0 Å². The molecule has 1 unspecified atom stereocenters. The SMILES string of the molecule is O=C(O)c1ccc(N2C[C@@H]3C[C@H]2CC3OCc2c(-c3c(Cl)cccc3Cl)noc2C2CC2)cc1. The number of rotatable bonds is 7. The van der Waals surface area contributed by atoms with Gasteiger partial charge in [0.05, 0.1) is 28.3 Å². The maximum atomic E-state index is 11.1. The van der Waals surface area contributed by atoms with E-state index in [2.05, 4.69) is 10.1 Å². The lowest BCUT2D eigenvalue weighted by atomic mass is 10.0. The highest BCUT2D eigenvalue weighted by atomic mass is 35.5. The quantitative estimate of drug-likeness (QED) is 0.405. The Balaban J connectivity index is 1.17. The van der Waals surface area contributed by atoms with Gasteiger partial charge in [-0.05, 0) is 62.1 Å². The van der Waals surface area contributed by atoms with E-state index in [0.29, 0.717) is 51.4 Å². The Morgan fingerprint density at radius 2 is 1.85 bits per heavy atom. The van der Waals surface area contributed by atoms with Crippen molar-refractivity contribution in [1.82, 2.24) is 5.16 Å². The zero-order valence-corrected chi connectivity index (χ0v) is 19.9. The van der Waals surface area contributed by atoms with Gasteiger partial charge >= 0.3 is 5.97 Å². The number of carboxylic acids is 1. The van der Waals surface area contributed by atoms with E-state index in [9.17, 15) is 4.79 Å². The molecule has 0 radical (unpaired) electrons. The van der Waals surface area contributed by atoms with Gasteiger partial charge in [0.15, 0.2) is 0 Å². The first-order chi connectivity index (χ1) is 16.5. The van der Waals surface area contributed by atoms with Crippen LogP contribution in [-0.4, -0.2) is 34.9 Å². The van der Waals surface area contributed by atoms with Crippen LogP contribution in [0.3, 0.4) is 0 Å². The fourth-order valence-electron chi connectivity index (χ4n) is 5.46. The Kier molecular flexibility index (Phi) is 5.55. The van der Waals surface area contributed by atoms with Crippen molar-refractivity contribution in [1.29, 1.82) is 0 Å². The van der Waals surface area contributed by atoms with E-state index in [1.807, 2.05) is 30.3 Å². The lowest BCUT2D eigenvalue weighted by molar-refractivity contribution is 0.0122.